The van der Waals surface area contributed by atoms with Gasteiger partial charge in [0.25, 0.3) is 0 Å². The first-order chi connectivity index (χ1) is 14.9. The highest BCUT2D eigenvalue weighted by molar-refractivity contribution is 5.94. The van der Waals surface area contributed by atoms with Crippen LogP contribution in [-0.2, 0) is 11.3 Å². The molecule has 0 saturated carbocycles. The van der Waals surface area contributed by atoms with E-state index in [0.29, 0.717) is 36.9 Å². The maximum atomic E-state index is 12.5. The molecule has 0 saturated heterocycles. The van der Waals surface area contributed by atoms with Crippen molar-refractivity contribution in [1.82, 2.24) is 19.6 Å². The number of ether oxygens (including phenoxy) is 2. The predicted octanol–water partition coefficient (Wildman–Crippen LogP) is 2.82. The molecule has 0 bridgehead atoms. The van der Waals surface area contributed by atoms with E-state index in [0.717, 1.165) is 10.2 Å². The highest BCUT2D eigenvalue weighted by Gasteiger charge is 2.21. The molecule has 1 aromatic carbocycles. The monoisotopic (exact) mass is 427 g/mol. The quantitative estimate of drug-likeness (QED) is 0.510. The van der Waals surface area contributed by atoms with E-state index in [-0.39, 0.29) is 5.69 Å². The zero-order valence-electron chi connectivity index (χ0n) is 17.6. The van der Waals surface area contributed by atoms with Crippen LogP contribution in [0, 0.1) is 0 Å². The number of nitrogens with zero attached hydrogens (tertiary/aromatic N) is 4. The van der Waals surface area contributed by atoms with Gasteiger partial charge in [-0.3, -0.25) is 9.48 Å². The summed E-state index contributed by atoms with van der Waals surface area (Å²) >= 11 is 0. The highest BCUT2D eigenvalue weighted by atomic mass is 16.5. The van der Waals surface area contributed by atoms with E-state index in [1.807, 2.05) is 32.0 Å². The summed E-state index contributed by atoms with van der Waals surface area (Å²) in [5.74, 6) is -0.183. The molecule has 10 nitrogen and oxygen atoms in total. The second-order valence-corrected chi connectivity index (χ2v) is 6.71. The van der Waals surface area contributed by atoms with Gasteiger partial charge in [-0.1, -0.05) is 6.07 Å². The standard InChI is InChI=1S/C21H25N5O5/c1-4-30-18-7-6-15(10-19(18)31-5-2)12-25-13-16(11-23-25)24-20(27)14(3)26-17(21(28)29)8-9-22-26/h6-11,13-14H,4-5,12H2,1-3H3,(H,24,27)(H,28,29). The van der Waals surface area contributed by atoms with Crippen LogP contribution in [0.3, 0.4) is 0 Å². The minimum Gasteiger partial charge on any atom is -0.490 e. The molecule has 164 valence electrons. The van der Waals surface area contributed by atoms with Crippen LogP contribution in [-0.4, -0.2) is 49.8 Å². The van der Waals surface area contributed by atoms with Gasteiger partial charge in [0.15, 0.2) is 11.5 Å². The molecule has 2 N–H and O–H groups in total. The summed E-state index contributed by atoms with van der Waals surface area (Å²) in [7, 11) is 0. The summed E-state index contributed by atoms with van der Waals surface area (Å²) in [5.41, 5.74) is 1.40. The highest BCUT2D eigenvalue weighted by Crippen LogP contribution is 2.29. The predicted molar refractivity (Wildman–Crippen MR) is 113 cm³/mol. The van der Waals surface area contributed by atoms with Crippen molar-refractivity contribution in [2.24, 2.45) is 0 Å². The van der Waals surface area contributed by atoms with Crippen molar-refractivity contribution in [3.8, 4) is 11.5 Å². The molecule has 0 radical (unpaired) electrons. The van der Waals surface area contributed by atoms with E-state index in [2.05, 4.69) is 15.5 Å². The molecule has 0 fully saturated rings. The van der Waals surface area contributed by atoms with Gasteiger partial charge in [0.2, 0.25) is 5.91 Å². The van der Waals surface area contributed by atoms with Crippen molar-refractivity contribution in [2.45, 2.75) is 33.4 Å². The number of hydrogen-bond acceptors (Lipinski definition) is 6. The Morgan fingerprint density at radius 3 is 2.58 bits per heavy atom. The topological polar surface area (TPSA) is 121 Å². The van der Waals surface area contributed by atoms with Crippen molar-refractivity contribution in [3.05, 3.63) is 54.1 Å². The Kier molecular flexibility index (Phi) is 6.91. The van der Waals surface area contributed by atoms with Crippen molar-refractivity contribution < 1.29 is 24.2 Å². The molecule has 0 spiro atoms. The van der Waals surface area contributed by atoms with Gasteiger partial charge in [-0.2, -0.15) is 10.2 Å². The first-order valence-electron chi connectivity index (χ1n) is 9.91. The van der Waals surface area contributed by atoms with E-state index in [4.69, 9.17) is 9.47 Å². The van der Waals surface area contributed by atoms with E-state index >= 15 is 0 Å². The number of rotatable bonds is 10. The number of carbonyl (C=O) groups is 2. The number of carbonyl (C=O) groups excluding carboxylic acids is 1. The first-order valence-corrected chi connectivity index (χ1v) is 9.91. The number of benzene rings is 1. The summed E-state index contributed by atoms with van der Waals surface area (Å²) in [6.07, 6.45) is 4.57. The molecule has 10 heteroatoms. The third kappa shape index (κ3) is 5.21. The number of aromatic nitrogens is 4. The average molecular weight is 427 g/mol. The summed E-state index contributed by atoms with van der Waals surface area (Å²) in [5, 5.41) is 20.2. The molecule has 0 aliphatic carbocycles. The summed E-state index contributed by atoms with van der Waals surface area (Å²) < 4.78 is 14.1. The Labute approximate surface area is 179 Å². The first kappa shape index (κ1) is 21.9. The van der Waals surface area contributed by atoms with Crippen molar-refractivity contribution in [2.75, 3.05) is 18.5 Å². The van der Waals surface area contributed by atoms with Crippen molar-refractivity contribution >= 4 is 17.6 Å². The third-order valence-corrected chi connectivity index (χ3v) is 4.49. The molecule has 1 atom stereocenters. The number of amides is 1. The van der Waals surface area contributed by atoms with E-state index in [9.17, 15) is 14.7 Å². The smallest absolute Gasteiger partial charge is 0.354 e. The van der Waals surface area contributed by atoms with Gasteiger partial charge >= 0.3 is 5.97 Å². The molecule has 1 amide bonds. The van der Waals surface area contributed by atoms with Gasteiger partial charge in [0.05, 0.1) is 31.6 Å². The summed E-state index contributed by atoms with van der Waals surface area (Å²) in [6.45, 7) is 6.95. The molecule has 2 aromatic heterocycles. The van der Waals surface area contributed by atoms with Crippen LogP contribution in [0.25, 0.3) is 0 Å². The maximum absolute atomic E-state index is 12.5. The molecule has 3 rings (SSSR count). The number of carboxylic acid groups (broad SMARTS) is 1. The molecular formula is C21H25N5O5. The van der Waals surface area contributed by atoms with Gasteiger partial charge < -0.3 is 19.9 Å². The maximum Gasteiger partial charge on any atom is 0.354 e. The number of aromatic carboxylic acids is 1. The van der Waals surface area contributed by atoms with Gasteiger partial charge in [0.1, 0.15) is 11.7 Å². The fourth-order valence-corrected chi connectivity index (χ4v) is 3.05. The van der Waals surface area contributed by atoms with E-state index < -0.39 is 17.9 Å². The molecule has 0 aliphatic heterocycles. The van der Waals surface area contributed by atoms with Crippen LogP contribution in [0.1, 0.15) is 42.9 Å². The van der Waals surface area contributed by atoms with E-state index in [1.165, 1.54) is 18.5 Å². The molecule has 1 unspecified atom stereocenters. The minimum absolute atomic E-state index is 0.0565. The number of carboxylic acids is 1. The van der Waals surface area contributed by atoms with Crippen LogP contribution < -0.4 is 14.8 Å². The Bertz CT molecular complexity index is 1060. The van der Waals surface area contributed by atoms with Crippen LogP contribution in [0.15, 0.2) is 42.9 Å². The summed E-state index contributed by atoms with van der Waals surface area (Å²) in [6, 6.07) is 6.24. The fourth-order valence-electron chi connectivity index (χ4n) is 3.05. The molecule has 31 heavy (non-hydrogen) atoms. The SMILES string of the molecule is CCOc1ccc(Cn2cc(NC(=O)C(C)n3nccc3C(=O)O)cn2)cc1OCC. The Morgan fingerprint density at radius 2 is 1.87 bits per heavy atom. The minimum atomic E-state index is -1.15. The lowest BCUT2D eigenvalue weighted by Crippen LogP contribution is -2.26. The fraction of sp³-hybridized carbons (Fsp3) is 0.333. The average Bonchev–Trinajstić information content (AvgIpc) is 3.39. The van der Waals surface area contributed by atoms with E-state index in [1.54, 1.807) is 17.8 Å². The molecular weight excluding hydrogens is 402 g/mol. The second-order valence-electron chi connectivity index (χ2n) is 6.71. The largest absolute Gasteiger partial charge is 0.490 e. The van der Waals surface area contributed by atoms with Gasteiger partial charge in [-0.15, -0.1) is 0 Å². The van der Waals surface area contributed by atoms with Crippen LogP contribution in [0.4, 0.5) is 5.69 Å². The zero-order valence-corrected chi connectivity index (χ0v) is 17.6. The van der Waals surface area contributed by atoms with Crippen LogP contribution in [0.5, 0.6) is 11.5 Å². The zero-order chi connectivity index (χ0) is 22.4. The van der Waals surface area contributed by atoms with Crippen LogP contribution in [0.2, 0.25) is 0 Å². The molecule has 2 heterocycles. The van der Waals surface area contributed by atoms with Crippen molar-refractivity contribution in [1.29, 1.82) is 0 Å². The Balaban J connectivity index is 1.67. The lowest BCUT2D eigenvalue weighted by Gasteiger charge is -2.13. The van der Waals surface area contributed by atoms with Gasteiger partial charge in [0, 0.05) is 12.4 Å². The number of anilines is 1. The number of hydrogen-bond donors (Lipinski definition) is 2. The Hall–Kier alpha value is -3.82. The number of nitrogens with one attached hydrogen (secondary N) is 1. The van der Waals surface area contributed by atoms with Gasteiger partial charge in [-0.05, 0) is 44.5 Å². The third-order valence-electron chi connectivity index (χ3n) is 4.49. The van der Waals surface area contributed by atoms with Crippen LogP contribution >= 0.6 is 0 Å². The lowest BCUT2D eigenvalue weighted by molar-refractivity contribution is -0.119. The lowest BCUT2D eigenvalue weighted by atomic mass is 10.2. The normalized spacial score (nSPS) is 11.7. The molecule has 0 aliphatic rings. The summed E-state index contributed by atoms with van der Waals surface area (Å²) in [4.78, 5) is 23.8. The second kappa shape index (κ2) is 9.79. The molecule has 3 aromatic rings. The Morgan fingerprint density at radius 1 is 1.13 bits per heavy atom. The van der Waals surface area contributed by atoms with Crippen molar-refractivity contribution in [3.63, 3.8) is 0 Å². The van der Waals surface area contributed by atoms with Gasteiger partial charge in [-0.25, -0.2) is 9.48 Å².